The number of carbonyl (C=O) groups is 1. The summed E-state index contributed by atoms with van der Waals surface area (Å²) >= 11 is 0. The van der Waals surface area contributed by atoms with E-state index in [1.807, 2.05) is 43.8 Å². The number of carbonyl (C=O) groups excluding carboxylic acids is 1. The monoisotopic (exact) mass is 353 g/mol. The van der Waals surface area contributed by atoms with Gasteiger partial charge in [-0.15, -0.1) is 5.10 Å². The Kier molecular flexibility index (Phi) is 5.11. The average molecular weight is 353 g/mol. The largest absolute Gasteiger partial charge is 0.340 e. The van der Waals surface area contributed by atoms with Crippen LogP contribution >= 0.6 is 0 Å². The molecule has 3 rings (SSSR count). The molecule has 0 fully saturated rings. The van der Waals surface area contributed by atoms with Crippen molar-refractivity contribution in [1.82, 2.24) is 34.7 Å². The van der Waals surface area contributed by atoms with Gasteiger partial charge in [-0.3, -0.25) is 14.5 Å². The molecule has 3 aromatic rings. The maximum absolute atomic E-state index is 12.5. The molecule has 26 heavy (non-hydrogen) atoms. The Morgan fingerprint density at radius 3 is 2.81 bits per heavy atom. The fourth-order valence-corrected chi connectivity index (χ4v) is 2.80. The molecule has 0 saturated carbocycles. The third kappa shape index (κ3) is 3.63. The molecule has 1 amide bonds. The minimum absolute atomic E-state index is 0.0390. The standard InChI is InChI=1S/C18H23N7O/c1-5-25-14(3)15(9-20-25)10-23(4)17(26)12-24-11-16(21-22-24)18-13(2)7-6-8-19-18/h6-9,11H,5,10,12H2,1-4H3. The molecule has 0 N–H and O–H groups in total. The molecule has 0 atom stereocenters. The third-order valence-corrected chi connectivity index (χ3v) is 4.43. The predicted molar refractivity (Wildman–Crippen MR) is 97.1 cm³/mol. The number of amides is 1. The molecule has 0 aliphatic heterocycles. The van der Waals surface area contributed by atoms with E-state index in [9.17, 15) is 4.79 Å². The highest BCUT2D eigenvalue weighted by Crippen LogP contribution is 2.17. The summed E-state index contributed by atoms with van der Waals surface area (Å²) < 4.78 is 3.47. The van der Waals surface area contributed by atoms with Crippen LogP contribution in [0.4, 0.5) is 0 Å². The van der Waals surface area contributed by atoms with Crippen molar-refractivity contribution in [2.45, 2.75) is 40.4 Å². The number of aryl methyl sites for hydroxylation is 2. The Balaban J connectivity index is 1.66. The van der Waals surface area contributed by atoms with Gasteiger partial charge in [0.15, 0.2) is 0 Å². The summed E-state index contributed by atoms with van der Waals surface area (Å²) in [4.78, 5) is 18.5. The van der Waals surface area contributed by atoms with E-state index in [1.54, 1.807) is 29.0 Å². The highest BCUT2D eigenvalue weighted by Gasteiger charge is 2.15. The molecule has 0 spiro atoms. The molecule has 0 aliphatic carbocycles. The summed E-state index contributed by atoms with van der Waals surface area (Å²) in [7, 11) is 1.78. The van der Waals surface area contributed by atoms with E-state index < -0.39 is 0 Å². The smallest absolute Gasteiger partial charge is 0.244 e. The Bertz CT molecular complexity index is 912. The molecule has 0 radical (unpaired) electrons. The summed E-state index contributed by atoms with van der Waals surface area (Å²) in [5.41, 5.74) is 4.60. The van der Waals surface area contributed by atoms with Crippen LogP contribution in [0.1, 0.15) is 23.7 Å². The Labute approximate surface area is 152 Å². The van der Waals surface area contributed by atoms with Gasteiger partial charge in [0.1, 0.15) is 12.2 Å². The maximum Gasteiger partial charge on any atom is 0.244 e. The zero-order valence-corrected chi connectivity index (χ0v) is 15.5. The van der Waals surface area contributed by atoms with Crippen LogP contribution in [-0.4, -0.2) is 47.6 Å². The van der Waals surface area contributed by atoms with Crippen molar-refractivity contribution in [2.75, 3.05) is 7.05 Å². The zero-order valence-electron chi connectivity index (χ0n) is 15.5. The first-order chi connectivity index (χ1) is 12.5. The summed E-state index contributed by atoms with van der Waals surface area (Å²) in [6.45, 7) is 7.51. The summed E-state index contributed by atoms with van der Waals surface area (Å²) in [5.74, 6) is -0.0390. The van der Waals surface area contributed by atoms with Gasteiger partial charge in [-0.05, 0) is 32.4 Å². The molecule has 8 heteroatoms. The van der Waals surface area contributed by atoms with E-state index in [0.717, 1.165) is 29.1 Å². The van der Waals surface area contributed by atoms with Crippen molar-refractivity contribution in [1.29, 1.82) is 0 Å². The minimum Gasteiger partial charge on any atom is -0.340 e. The number of rotatable bonds is 6. The molecule has 3 heterocycles. The number of pyridine rings is 1. The van der Waals surface area contributed by atoms with Crippen molar-refractivity contribution in [2.24, 2.45) is 0 Å². The van der Waals surface area contributed by atoms with Crippen molar-refractivity contribution in [3.05, 3.63) is 47.5 Å². The molecule has 0 bridgehead atoms. The van der Waals surface area contributed by atoms with Gasteiger partial charge in [0, 0.05) is 37.6 Å². The lowest BCUT2D eigenvalue weighted by molar-refractivity contribution is -0.131. The molecule has 3 aromatic heterocycles. The molecule has 0 aliphatic rings. The predicted octanol–water partition coefficient (Wildman–Crippen LogP) is 1.83. The number of aromatic nitrogens is 6. The van der Waals surface area contributed by atoms with Gasteiger partial charge in [-0.2, -0.15) is 5.10 Å². The van der Waals surface area contributed by atoms with E-state index in [0.29, 0.717) is 12.2 Å². The first-order valence-corrected chi connectivity index (χ1v) is 8.57. The Hall–Kier alpha value is -3.03. The molecule has 0 unspecified atom stereocenters. The molecular formula is C18H23N7O. The van der Waals surface area contributed by atoms with E-state index in [1.165, 1.54) is 0 Å². The van der Waals surface area contributed by atoms with Crippen LogP contribution in [-0.2, 0) is 24.4 Å². The van der Waals surface area contributed by atoms with Gasteiger partial charge in [0.2, 0.25) is 5.91 Å². The maximum atomic E-state index is 12.5. The van der Waals surface area contributed by atoms with Crippen molar-refractivity contribution in [3.63, 3.8) is 0 Å². The van der Waals surface area contributed by atoms with E-state index >= 15 is 0 Å². The average Bonchev–Trinajstić information content (AvgIpc) is 3.22. The van der Waals surface area contributed by atoms with Gasteiger partial charge in [0.05, 0.1) is 18.1 Å². The van der Waals surface area contributed by atoms with Crippen molar-refractivity contribution in [3.8, 4) is 11.4 Å². The second-order valence-corrected chi connectivity index (χ2v) is 6.29. The Morgan fingerprint density at radius 2 is 2.12 bits per heavy atom. The fourth-order valence-electron chi connectivity index (χ4n) is 2.80. The van der Waals surface area contributed by atoms with Gasteiger partial charge >= 0.3 is 0 Å². The van der Waals surface area contributed by atoms with Crippen LogP contribution in [0.3, 0.4) is 0 Å². The van der Waals surface area contributed by atoms with Crippen molar-refractivity contribution < 1.29 is 4.79 Å². The van der Waals surface area contributed by atoms with E-state index in [-0.39, 0.29) is 12.5 Å². The van der Waals surface area contributed by atoms with E-state index in [4.69, 9.17) is 0 Å². The number of nitrogens with zero attached hydrogens (tertiary/aromatic N) is 7. The van der Waals surface area contributed by atoms with Crippen LogP contribution in [0.2, 0.25) is 0 Å². The zero-order chi connectivity index (χ0) is 18.7. The lowest BCUT2D eigenvalue weighted by Gasteiger charge is -2.16. The van der Waals surface area contributed by atoms with Crippen LogP contribution in [0.25, 0.3) is 11.4 Å². The van der Waals surface area contributed by atoms with Gasteiger partial charge in [-0.25, -0.2) is 4.68 Å². The second-order valence-electron chi connectivity index (χ2n) is 6.29. The fraction of sp³-hybridized carbons (Fsp3) is 0.389. The number of hydrogen-bond acceptors (Lipinski definition) is 5. The molecule has 0 saturated heterocycles. The van der Waals surface area contributed by atoms with Crippen molar-refractivity contribution >= 4 is 5.91 Å². The van der Waals surface area contributed by atoms with E-state index in [2.05, 4.69) is 20.4 Å². The number of likely N-dealkylation sites (N-methyl/N-ethyl adjacent to an activating group) is 1. The van der Waals surface area contributed by atoms with Crippen LogP contribution in [0, 0.1) is 13.8 Å². The second kappa shape index (κ2) is 7.47. The van der Waals surface area contributed by atoms with Crippen LogP contribution in [0.15, 0.2) is 30.7 Å². The molecule has 8 nitrogen and oxygen atoms in total. The Morgan fingerprint density at radius 1 is 1.31 bits per heavy atom. The summed E-state index contributed by atoms with van der Waals surface area (Å²) in [6.07, 6.45) is 5.29. The first kappa shape index (κ1) is 17.8. The molecule has 136 valence electrons. The SMILES string of the molecule is CCn1ncc(CN(C)C(=O)Cn2cc(-c3ncccc3C)nn2)c1C. The molecule has 0 aromatic carbocycles. The van der Waals surface area contributed by atoms with Gasteiger partial charge < -0.3 is 4.90 Å². The topological polar surface area (TPSA) is 81.7 Å². The van der Waals surface area contributed by atoms with Gasteiger partial charge in [0.25, 0.3) is 0 Å². The molecular weight excluding hydrogens is 330 g/mol. The quantitative estimate of drug-likeness (QED) is 0.675. The highest BCUT2D eigenvalue weighted by atomic mass is 16.2. The number of hydrogen-bond donors (Lipinski definition) is 0. The van der Waals surface area contributed by atoms with Gasteiger partial charge in [-0.1, -0.05) is 11.3 Å². The highest BCUT2D eigenvalue weighted by molar-refractivity contribution is 5.75. The summed E-state index contributed by atoms with van der Waals surface area (Å²) in [6, 6.07) is 3.85. The minimum atomic E-state index is -0.0390. The lowest BCUT2D eigenvalue weighted by atomic mass is 10.2. The normalized spacial score (nSPS) is 10.9. The first-order valence-electron chi connectivity index (χ1n) is 8.57. The lowest BCUT2D eigenvalue weighted by Crippen LogP contribution is -2.30. The summed E-state index contributed by atoms with van der Waals surface area (Å²) in [5, 5.41) is 12.5. The third-order valence-electron chi connectivity index (χ3n) is 4.43. The van der Waals surface area contributed by atoms with Crippen LogP contribution < -0.4 is 0 Å². The van der Waals surface area contributed by atoms with Crippen LogP contribution in [0.5, 0.6) is 0 Å².